The molecule has 2 aliphatic rings. The molecule has 4 N–H and O–H groups in total. The number of alkyl halides is 2. The second kappa shape index (κ2) is 8.38. The molecule has 0 aliphatic carbocycles. The molecule has 9 heteroatoms. The number of aliphatic hydroxyl groups excluding tert-OH is 1. The summed E-state index contributed by atoms with van der Waals surface area (Å²) in [4.78, 5) is 14.6. The van der Waals surface area contributed by atoms with Crippen LogP contribution in [0.2, 0.25) is 0 Å². The number of benzene rings is 1. The lowest BCUT2D eigenvalue weighted by Gasteiger charge is -2.42. The lowest BCUT2D eigenvalue weighted by atomic mass is 9.92. The monoisotopic (exact) mass is 397 g/mol. The van der Waals surface area contributed by atoms with Crippen LogP contribution < -0.4 is 16.1 Å². The highest BCUT2D eigenvalue weighted by Crippen LogP contribution is 2.36. The second-order valence-electron chi connectivity index (χ2n) is 7.99. The van der Waals surface area contributed by atoms with Crippen LogP contribution in [0, 0.1) is 11.8 Å². The third-order valence-electron chi connectivity index (χ3n) is 5.47. The highest BCUT2D eigenvalue weighted by Gasteiger charge is 2.52. The van der Waals surface area contributed by atoms with Crippen molar-refractivity contribution >= 4 is 5.91 Å². The average Bonchev–Trinajstić information content (AvgIpc) is 3.01. The van der Waals surface area contributed by atoms with Gasteiger partial charge in [-0.3, -0.25) is 15.0 Å². The number of carbonyl (C=O) groups is 1. The summed E-state index contributed by atoms with van der Waals surface area (Å²) in [6.07, 6.45) is -3.20. The number of fused-ring (bicyclic) bond motifs is 1. The fraction of sp³-hybridized carbons (Fsp3) is 0.632. The van der Waals surface area contributed by atoms with E-state index in [1.54, 1.807) is 12.1 Å². The van der Waals surface area contributed by atoms with Gasteiger partial charge in [0.2, 0.25) is 5.91 Å². The van der Waals surface area contributed by atoms with Crippen LogP contribution in [0.15, 0.2) is 24.3 Å². The molecule has 28 heavy (non-hydrogen) atoms. The summed E-state index contributed by atoms with van der Waals surface area (Å²) in [5, 5.41) is 18.1. The van der Waals surface area contributed by atoms with Gasteiger partial charge in [0.1, 0.15) is 6.29 Å². The van der Waals surface area contributed by atoms with E-state index in [0.29, 0.717) is 0 Å². The van der Waals surface area contributed by atoms with Gasteiger partial charge >= 0.3 is 0 Å². The zero-order valence-electron chi connectivity index (χ0n) is 16.6. The summed E-state index contributed by atoms with van der Waals surface area (Å²) in [7, 11) is 3.72. The van der Waals surface area contributed by atoms with E-state index < -0.39 is 18.4 Å². The van der Waals surface area contributed by atoms with Crippen LogP contribution in [0.5, 0.6) is 0 Å². The van der Waals surface area contributed by atoms with Crippen LogP contribution in [-0.4, -0.2) is 60.1 Å². The van der Waals surface area contributed by atoms with E-state index in [4.69, 9.17) is 0 Å². The van der Waals surface area contributed by atoms with Gasteiger partial charge < -0.3 is 10.4 Å². The fourth-order valence-corrected chi connectivity index (χ4v) is 4.08. The molecule has 2 aliphatic heterocycles. The molecule has 156 valence electrons. The first-order valence-corrected chi connectivity index (χ1v) is 9.50. The zero-order chi connectivity index (χ0) is 20.6. The van der Waals surface area contributed by atoms with Crippen molar-refractivity contribution < 1.29 is 18.7 Å². The van der Waals surface area contributed by atoms with Crippen LogP contribution in [0.3, 0.4) is 0 Å². The minimum absolute atomic E-state index is 0.0189. The van der Waals surface area contributed by atoms with E-state index in [2.05, 4.69) is 16.1 Å². The van der Waals surface area contributed by atoms with E-state index in [9.17, 15) is 18.7 Å². The molecular formula is C19H29F2N5O2. The summed E-state index contributed by atoms with van der Waals surface area (Å²) < 4.78 is 25.9. The van der Waals surface area contributed by atoms with Crippen LogP contribution >= 0.6 is 0 Å². The van der Waals surface area contributed by atoms with E-state index in [1.807, 2.05) is 37.9 Å². The number of aliphatic hydroxyl groups is 1. The molecule has 2 fully saturated rings. The van der Waals surface area contributed by atoms with Gasteiger partial charge in [0.05, 0.1) is 30.8 Å². The average molecular weight is 397 g/mol. The topological polar surface area (TPSA) is 79.9 Å². The molecular weight excluding hydrogens is 368 g/mol. The smallest absolute Gasteiger partial charge is 0.263 e. The lowest BCUT2D eigenvalue weighted by Crippen LogP contribution is -2.68. The summed E-state index contributed by atoms with van der Waals surface area (Å²) in [6.45, 7) is 3.90. The zero-order valence-corrected chi connectivity index (χ0v) is 16.6. The van der Waals surface area contributed by atoms with Crippen molar-refractivity contribution in [1.82, 2.24) is 26.0 Å². The van der Waals surface area contributed by atoms with Gasteiger partial charge in [-0.2, -0.15) is 0 Å². The summed E-state index contributed by atoms with van der Waals surface area (Å²) in [5.41, 5.74) is 4.14. The van der Waals surface area contributed by atoms with Crippen LogP contribution in [0.25, 0.3) is 0 Å². The van der Waals surface area contributed by atoms with Gasteiger partial charge in [0, 0.05) is 5.56 Å². The molecule has 5 unspecified atom stereocenters. The Hall–Kier alpha value is -1.65. The van der Waals surface area contributed by atoms with Crippen molar-refractivity contribution in [2.75, 3.05) is 20.7 Å². The Bertz CT molecular complexity index is 685. The Labute approximate surface area is 164 Å². The van der Waals surface area contributed by atoms with Gasteiger partial charge in [-0.1, -0.05) is 38.1 Å². The molecule has 0 radical (unpaired) electrons. The quantitative estimate of drug-likeness (QED) is 0.574. The van der Waals surface area contributed by atoms with Crippen molar-refractivity contribution in [3.05, 3.63) is 35.4 Å². The SMILES string of the molecule is CC(C)C(c1ccc(C(F)F)cc1)N1NC(CO)C2C(=O)NC(N(C)C)NC21. The molecule has 0 spiro atoms. The Morgan fingerprint density at radius 2 is 1.79 bits per heavy atom. The lowest BCUT2D eigenvalue weighted by molar-refractivity contribution is -0.134. The maximum atomic E-state index is 12.9. The number of nitrogens with zero attached hydrogens (tertiary/aromatic N) is 2. The van der Waals surface area contributed by atoms with E-state index in [1.165, 1.54) is 12.1 Å². The predicted molar refractivity (Wildman–Crippen MR) is 101 cm³/mol. The van der Waals surface area contributed by atoms with Gasteiger partial charge in [0.25, 0.3) is 6.43 Å². The highest BCUT2D eigenvalue weighted by atomic mass is 19.3. The summed E-state index contributed by atoms with van der Waals surface area (Å²) >= 11 is 0. The normalized spacial score (nSPS) is 29.4. The molecule has 0 bridgehead atoms. The van der Waals surface area contributed by atoms with Gasteiger partial charge in [-0.15, -0.1) is 0 Å². The molecule has 7 nitrogen and oxygen atoms in total. The maximum absolute atomic E-state index is 12.9. The van der Waals surface area contributed by atoms with E-state index in [0.717, 1.165) is 5.56 Å². The number of amides is 1. The third-order valence-corrected chi connectivity index (χ3v) is 5.47. The second-order valence-corrected chi connectivity index (χ2v) is 7.99. The molecule has 1 aromatic rings. The molecule has 1 aromatic carbocycles. The van der Waals surface area contributed by atoms with Crippen molar-refractivity contribution in [2.24, 2.45) is 11.8 Å². The Balaban J connectivity index is 1.94. The Morgan fingerprint density at radius 3 is 2.29 bits per heavy atom. The highest BCUT2D eigenvalue weighted by molar-refractivity contribution is 5.81. The summed E-state index contributed by atoms with van der Waals surface area (Å²) in [5.74, 6) is -0.470. The van der Waals surface area contributed by atoms with Crippen molar-refractivity contribution in [3.63, 3.8) is 0 Å². The first-order chi connectivity index (χ1) is 13.2. The number of nitrogens with one attached hydrogen (secondary N) is 3. The number of rotatable bonds is 6. The Morgan fingerprint density at radius 1 is 1.18 bits per heavy atom. The van der Waals surface area contributed by atoms with Gasteiger partial charge in [-0.25, -0.2) is 19.2 Å². The van der Waals surface area contributed by atoms with Crippen molar-refractivity contribution in [2.45, 2.75) is 44.8 Å². The number of hydrogen-bond donors (Lipinski definition) is 4. The molecule has 2 heterocycles. The van der Waals surface area contributed by atoms with E-state index in [-0.39, 0.29) is 42.5 Å². The largest absolute Gasteiger partial charge is 0.395 e. The van der Waals surface area contributed by atoms with Crippen LogP contribution in [0.1, 0.15) is 37.4 Å². The minimum atomic E-state index is -2.51. The van der Waals surface area contributed by atoms with Crippen LogP contribution in [-0.2, 0) is 4.79 Å². The van der Waals surface area contributed by atoms with E-state index >= 15 is 0 Å². The number of hydrazine groups is 1. The van der Waals surface area contributed by atoms with Crippen molar-refractivity contribution in [1.29, 1.82) is 0 Å². The maximum Gasteiger partial charge on any atom is 0.263 e. The third kappa shape index (κ3) is 3.90. The van der Waals surface area contributed by atoms with Gasteiger partial charge in [0.15, 0.2) is 0 Å². The first kappa shape index (κ1) is 21.1. The molecule has 0 saturated carbocycles. The number of carbonyl (C=O) groups excluding carboxylic acids is 1. The fourth-order valence-electron chi connectivity index (χ4n) is 4.08. The van der Waals surface area contributed by atoms with Crippen molar-refractivity contribution in [3.8, 4) is 0 Å². The van der Waals surface area contributed by atoms with Gasteiger partial charge in [-0.05, 0) is 25.6 Å². The van der Waals surface area contributed by atoms with Crippen LogP contribution in [0.4, 0.5) is 8.78 Å². The Kier molecular flexibility index (Phi) is 6.31. The number of halogens is 2. The molecule has 2 saturated heterocycles. The molecule has 1 amide bonds. The molecule has 0 aromatic heterocycles. The minimum Gasteiger partial charge on any atom is -0.395 e. The first-order valence-electron chi connectivity index (χ1n) is 9.50. The number of hydrogen-bond acceptors (Lipinski definition) is 6. The predicted octanol–water partition coefficient (Wildman–Crippen LogP) is 1.01. The standard InChI is InChI=1S/C19H29F2N5O2/c1-10(2)15(11-5-7-12(8-6-11)16(20)21)26-17-14(13(9-27)24-26)18(28)23-19(22-17)25(3)4/h5-8,10,13-17,19,22,24,27H,9H2,1-4H3,(H,23,28). The molecule has 3 rings (SSSR count). The summed E-state index contributed by atoms with van der Waals surface area (Å²) in [6, 6.07) is 5.70. The molecule has 5 atom stereocenters.